The minimum atomic E-state index is -0.596. The number of nitrogens with zero attached hydrogens (tertiary/aromatic N) is 1. The Hall–Kier alpha value is -2.93. The number of oxazole rings is 1. The number of aliphatic hydroxyl groups excluding tert-OH is 1. The first-order chi connectivity index (χ1) is 12.2. The van der Waals surface area contributed by atoms with Crippen molar-refractivity contribution in [1.82, 2.24) is 10.3 Å². The minimum absolute atomic E-state index is 0.119. The van der Waals surface area contributed by atoms with Crippen LogP contribution in [0.4, 0.5) is 4.39 Å². The highest BCUT2D eigenvalue weighted by Gasteiger charge is 2.17. The number of aryl methyl sites for hydroxylation is 1. The van der Waals surface area contributed by atoms with Gasteiger partial charge >= 0.3 is 0 Å². The van der Waals surface area contributed by atoms with E-state index >= 15 is 0 Å². The van der Waals surface area contributed by atoms with E-state index in [4.69, 9.17) is 8.83 Å². The van der Waals surface area contributed by atoms with Crippen LogP contribution in [-0.4, -0.2) is 22.6 Å². The van der Waals surface area contributed by atoms with Gasteiger partial charge in [0.25, 0.3) is 0 Å². The quantitative estimate of drug-likeness (QED) is 0.688. The number of aliphatic hydroxyl groups is 1. The van der Waals surface area contributed by atoms with Crippen molar-refractivity contribution in [3.63, 3.8) is 0 Å². The fourth-order valence-electron chi connectivity index (χ4n) is 2.39. The molecule has 6 nitrogen and oxygen atoms in total. The van der Waals surface area contributed by atoms with Crippen molar-refractivity contribution in [2.24, 2.45) is 0 Å². The highest BCUT2D eigenvalue weighted by molar-refractivity contribution is 5.76. The Labute approximate surface area is 143 Å². The molecule has 2 aromatic heterocycles. The second-order valence-corrected chi connectivity index (χ2v) is 5.42. The van der Waals surface area contributed by atoms with Gasteiger partial charge in [-0.1, -0.05) is 12.1 Å². The van der Waals surface area contributed by atoms with Crippen LogP contribution >= 0.6 is 0 Å². The van der Waals surface area contributed by atoms with E-state index in [-0.39, 0.29) is 25.4 Å². The second kappa shape index (κ2) is 7.76. The molecule has 0 spiro atoms. The average Bonchev–Trinajstić information content (AvgIpc) is 3.30. The molecule has 0 saturated carbocycles. The summed E-state index contributed by atoms with van der Waals surface area (Å²) in [6, 6.07) is 9.00. The van der Waals surface area contributed by atoms with Crippen LogP contribution in [0.1, 0.15) is 24.1 Å². The molecule has 7 heteroatoms. The third kappa shape index (κ3) is 4.13. The summed E-state index contributed by atoms with van der Waals surface area (Å²) in [6.07, 6.45) is 3.29. The SMILES string of the molecule is O=C(CCc1ncc(-c2ccccc2F)o1)NC(CO)c1ccco1. The molecule has 0 aliphatic heterocycles. The van der Waals surface area contributed by atoms with Crippen molar-refractivity contribution in [1.29, 1.82) is 0 Å². The lowest BCUT2D eigenvalue weighted by molar-refractivity contribution is -0.122. The Morgan fingerprint density at radius 3 is 2.84 bits per heavy atom. The number of carbonyl (C=O) groups is 1. The maximum absolute atomic E-state index is 13.7. The van der Waals surface area contributed by atoms with Crippen LogP contribution in [0.15, 0.2) is 57.7 Å². The molecule has 1 atom stereocenters. The number of nitrogens with one attached hydrogen (secondary N) is 1. The third-order valence-electron chi connectivity index (χ3n) is 3.66. The van der Waals surface area contributed by atoms with Gasteiger partial charge in [-0.25, -0.2) is 9.37 Å². The standard InChI is InChI=1S/C18H17FN2O4/c19-13-5-2-1-4-12(13)16-10-20-18(25-16)8-7-17(23)21-14(11-22)15-6-3-9-24-15/h1-6,9-10,14,22H,7-8,11H2,(H,21,23). The largest absolute Gasteiger partial charge is 0.467 e. The van der Waals surface area contributed by atoms with E-state index < -0.39 is 11.9 Å². The number of carbonyl (C=O) groups excluding carboxylic acids is 1. The molecule has 3 rings (SSSR count). The van der Waals surface area contributed by atoms with Gasteiger partial charge in [-0.3, -0.25) is 4.79 Å². The molecule has 0 aliphatic carbocycles. The van der Waals surface area contributed by atoms with E-state index in [0.717, 1.165) is 0 Å². The van der Waals surface area contributed by atoms with E-state index in [0.29, 0.717) is 23.0 Å². The second-order valence-electron chi connectivity index (χ2n) is 5.42. The Balaban J connectivity index is 1.57. The lowest BCUT2D eigenvalue weighted by Crippen LogP contribution is -2.30. The third-order valence-corrected chi connectivity index (χ3v) is 3.66. The zero-order chi connectivity index (χ0) is 17.6. The van der Waals surface area contributed by atoms with Gasteiger partial charge in [0.15, 0.2) is 11.7 Å². The summed E-state index contributed by atoms with van der Waals surface area (Å²) in [4.78, 5) is 16.1. The molecule has 0 saturated heterocycles. The van der Waals surface area contributed by atoms with E-state index in [1.165, 1.54) is 18.5 Å². The summed E-state index contributed by atoms with van der Waals surface area (Å²) in [5, 5.41) is 12.0. The highest BCUT2D eigenvalue weighted by atomic mass is 19.1. The summed E-state index contributed by atoms with van der Waals surface area (Å²) in [5.41, 5.74) is 0.323. The number of furan rings is 1. The summed E-state index contributed by atoms with van der Waals surface area (Å²) < 4.78 is 24.4. The summed E-state index contributed by atoms with van der Waals surface area (Å²) in [5.74, 6) is 0.464. The van der Waals surface area contributed by atoms with E-state index in [9.17, 15) is 14.3 Å². The molecule has 2 N–H and O–H groups in total. The van der Waals surface area contributed by atoms with Crippen LogP contribution in [0, 0.1) is 5.82 Å². The molecule has 25 heavy (non-hydrogen) atoms. The molecular formula is C18H17FN2O4. The Morgan fingerprint density at radius 1 is 1.28 bits per heavy atom. The van der Waals surface area contributed by atoms with Crippen molar-refractivity contribution in [3.8, 4) is 11.3 Å². The van der Waals surface area contributed by atoms with Gasteiger partial charge in [-0.2, -0.15) is 0 Å². The Bertz CT molecular complexity index is 829. The predicted octanol–water partition coefficient (Wildman–Crippen LogP) is 2.86. The van der Waals surface area contributed by atoms with Crippen LogP contribution < -0.4 is 5.32 Å². The molecule has 3 aromatic rings. The van der Waals surface area contributed by atoms with Gasteiger partial charge in [0.1, 0.15) is 17.6 Å². The average molecular weight is 344 g/mol. The predicted molar refractivity (Wildman–Crippen MR) is 86.9 cm³/mol. The first kappa shape index (κ1) is 16.9. The topological polar surface area (TPSA) is 88.5 Å². The summed E-state index contributed by atoms with van der Waals surface area (Å²) in [6.45, 7) is -0.268. The molecule has 0 aliphatic rings. The fraction of sp³-hybridized carbons (Fsp3) is 0.222. The number of rotatable bonds is 7. The van der Waals surface area contributed by atoms with Crippen molar-refractivity contribution in [3.05, 3.63) is 66.3 Å². The van der Waals surface area contributed by atoms with E-state index in [2.05, 4.69) is 10.3 Å². The zero-order valence-electron chi connectivity index (χ0n) is 13.3. The molecule has 0 radical (unpaired) electrons. The molecule has 2 heterocycles. The van der Waals surface area contributed by atoms with Gasteiger partial charge in [0.2, 0.25) is 5.91 Å². The number of hydrogen-bond donors (Lipinski definition) is 2. The fourth-order valence-corrected chi connectivity index (χ4v) is 2.39. The molecule has 1 aromatic carbocycles. The van der Waals surface area contributed by atoms with Crippen molar-refractivity contribution < 1.29 is 23.1 Å². The minimum Gasteiger partial charge on any atom is -0.467 e. The first-order valence-corrected chi connectivity index (χ1v) is 7.80. The Morgan fingerprint density at radius 2 is 2.12 bits per heavy atom. The number of hydrogen-bond acceptors (Lipinski definition) is 5. The molecule has 1 unspecified atom stereocenters. The molecule has 0 bridgehead atoms. The monoisotopic (exact) mass is 344 g/mol. The van der Waals surface area contributed by atoms with E-state index in [1.807, 2.05) is 0 Å². The molecule has 1 amide bonds. The van der Waals surface area contributed by atoms with Crippen molar-refractivity contribution in [2.45, 2.75) is 18.9 Å². The van der Waals surface area contributed by atoms with Gasteiger partial charge in [-0.15, -0.1) is 0 Å². The number of benzene rings is 1. The van der Waals surface area contributed by atoms with Crippen LogP contribution in [0.5, 0.6) is 0 Å². The first-order valence-electron chi connectivity index (χ1n) is 7.80. The number of aromatic nitrogens is 1. The Kier molecular flexibility index (Phi) is 5.25. The number of amides is 1. The smallest absolute Gasteiger partial charge is 0.221 e. The van der Waals surface area contributed by atoms with Crippen LogP contribution in [0.2, 0.25) is 0 Å². The van der Waals surface area contributed by atoms with Crippen molar-refractivity contribution in [2.75, 3.05) is 6.61 Å². The lowest BCUT2D eigenvalue weighted by atomic mass is 10.2. The van der Waals surface area contributed by atoms with Crippen molar-refractivity contribution >= 4 is 5.91 Å². The van der Waals surface area contributed by atoms with Gasteiger partial charge < -0.3 is 19.3 Å². The van der Waals surface area contributed by atoms with Crippen LogP contribution in [0.3, 0.4) is 0 Å². The van der Waals surface area contributed by atoms with Crippen LogP contribution in [-0.2, 0) is 11.2 Å². The maximum Gasteiger partial charge on any atom is 0.221 e. The normalized spacial score (nSPS) is 12.1. The maximum atomic E-state index is 13.7. The molecule has 0 fully saturated rings. The van der Waals surface area contributed by atoms with Gasteiger partial charge in [-0.05, 0) is 24.3 Å². The summed E-state index contributed by atoms with van der Waals surface area (Å²) in [7, 11) is 0. The zero-order valence-corrected chi connectivity index (χ0v) is 13.3. The molecule has 130 valence electrons. The summed E-state index contributed by atoms with van der Waals surface area (Å²) >= 11 is 0. The van der Waals surface area contributed by atoms with Gasteiger partial charge in [0, 0.05) is 12.8 Å². The molecular weight excluding hydrogens is 327 g/mol. The van der Waals surface area contributed by atoms with Crippen LogP contribution in [0.25, 0.3) is 11.3 Å². The number of halogens is 1. The highest BCUT2D eigenvalue weighted by Crippen LogP contribution is 2.23. The lowest BCUT2D eigenvalue weighted by Gasteiger charge is -2.13. The van der Waals surface area contributed by atoms with E-state index in [1.54, 1.807) is 30.3 Å². The van der Waals surface area contributed by atoms with Gasteiger partial charge in [0.05, 0.1) is 24.6 Å².